The molecular weight excluding hydrogens is 577 g/mol. The first-order valence-electron chi connectivity index (χ1n) is 9.68. The van der Waals surface area contributed by atoms with Crippen LogP contribution in [0.3, 0.4) is 0 Å². The van der Waals surface area contributed by atoms with Gasteiger partial charge in [0.1, 0.15) is 10.8 Å². The molecule has 0 bridgehead atoms. The Hall–Kier alpha value is -1.91. The van der Waals surface area contributed by atoms with Gasteiger partial charge in [0.05, 0.1) is 16.5 Å². The van der Waals surface area contributed by atoms with Crippen LogP contribution in [0.15, 0.2) is 36.4 Å². The summed E-state index contributed by atoms with van der Waals surface area (Å²) >= 11 is 30.7. The first kappa shape index (κ1) is 27.7. The Bertz CT molecular complexity index is 1170. The summed E-state index contributed by atoms with van der Waals surface area (Å²) in [5.41, 5.74) is 2.50. The predicted molar refractivity (Wildman–Crippen MR) is 128 cm³/mol. The van der Waals surface area contributed by atoms with Crippen molar-refractivity contribution in [2.75, 3.05) is 12.4 Å². The molecule has 0 radical (unpaired) electrons. The van der Waals surface area contributed by atoms with Crippen molar-refractivity contribution in [3.8, 4) is 0 Å². The Morgan fingerprint density at radius 1 is 1.03 bits per heavy atom. The number of halogens is 8. The highest BCUT2D eigenvalue weighted by Gasteiger charge is 2.67. The summed E-state index contributed by atoms with van der Waals surface area (Å²) < 4.78 is 35.8. The van der Waals surface area contributed by atoms with E-state index >= 15 is 0 Å². The van der Waals surface area contributed by atoms with Gasteiger partial charge in [0, 0.05) is 28.7 Å². The van der Waals surface area contributed by atoms with E-state index in [1.165, 1.54) is 24.3 Å². The molecule has 2 aromatic carbocycles. The summed E-state index contributed by atoms with van der Waals surface area (Å²) in [6.07, 6.45) is -6.50. The molecule has 14 heteroatoms. The van der Waals surface area contributed by atoms with Crippen molar-refractivity contribution < 1.29 is 27.6 Å². The Labute approximate surface area is 222 Å². The summed E-state index contributed by atoms with van der Waals surface area (Å²) in [7, 11) is 0.960. The lowest BCUT2D eigenvalue weighted by Gasteiger charge is -2.19. The second-order valence-corrected chi connectivity index (χ2v) is 10.4. The van der Waals surface area contributed by atoms with Crippen molar-refractivity contribution in [3.05, 3.63) is 62.6 Å². The molecule has 0 saturated heterocycles. The number of alkyl halides is 5. The third-order valence-electron chi connectivity index (χ3n) is 5.05. The molecule has 2 N–H and O–H groups in total. The number of rotatable bonds is 5. The minimum absolute atomic E-state index is 0.0703. The lowest BCUT2D eigenvalue weighted by molar-refractivity contribution is -0.162. The zero-order valence-corrected chi connectivity index (χ0v) is 21.3. The number of carbonyl (C=O) groups is 3. The normalized spacial score (nSPS) is 18.5. The molecule has 3 rings (SSSR count). The minimum Gasteiger partial charge on any atom is -0.326 e. The average Bonchev–Trinajstić information content (AvgIpc) is 3.29. The zero-order valence-electron chi connectivity index (χ0n) is 17.5. The summed E-state index contributed by atoms with van der Waals surface area (Å²) in [5, 5.41) is 3.59. The number of nitrogens with zero attached hydrogens (tertiary/aromatic N) is 1. The highest BCUT2D eigenvalue weighted by molar-refractivity contribution is 6.53. The Morgan fingerprint density at radius 2 is 1.63 bits per heavy atom. The van der Waals surface area contributed by atoms with Gasteiger partial charge < -0.3 is 5.32 Å². The van der Waals surface area contributed by atoms with Crippen LogP contribution in [0.25, 0.3) is 0 Å². The maximum Gasteiger partial charge on any atom is 0.397 e. The molecule has 0 aliphatic heterocycles. The summed E-state index contributed by atoms with van der Waals surface area (Å²) in [6, 6.07) is 8.57. The van der Waals surface area contributed by atoms with Crippen molar-refractivity contribution in [3.63, 3.8) is 0 Å². The molecular formula is C21H15Cl5F3N3O3. The number of hydrogen-bond donors (Lipinski definition) is 2. The van der Waals surface area contributed by atoms with Gasteiger partial charge in [-0.2, -0.15) is 13.2 Å². The van der Waals surface area contributed by atoms with Gasteiger partial charge in [-0.25, -0.2) is 0 Å². The van der Waals surface area contributed by atoms with E-state index in [4.69, 9.17) is 58.0 Å². The second kappa shape index (κ2) is 10.2. The van der Waals surface area contributed by atoms with Crippen LogP contribution < -0.4 is 10.7 Å². The quantitative estimate of drug-likeness (QED) is 0.320. The van der Waals surface area contributed by atoms with E-state index < -0.39 is 46.5 Å². The molecule has 2 aromatic rings. The summed E-state index contributed by atoms with van der Waals surface area (Å²) in [5.74, 6) is -4.40. The fourth-order valence-corrected chi connectivity index (χ4v) is 4.96. The van der Waals surface area contributed by atoms with E-state index in [2.05, 4.69) is 5.32 Å². The number of anilines is 1. The molecule has 35 heavy (non-hydrogen) atoms. The second-order valence-electron chi connectivity index (χ2n) is 7.70. The number of hydrogen-bond acceptors (Lipinski definition) is 3. The number of nitrogens with one attached hydrogen (secondary N) is 2. The maximum absolute atomic E-state index is 12.9. The molecule has 188 valence electrons. The van der Waals surface area contributed by atoms with E-state index in [0.29, 0.717) is 20.6 Å². The minimum atomic E-state index is -4.74. The lowest BCUT2D eigenvalue weighted by atomic mass is 10.1. The number of amides is 3. The summed E-state index contributed by atoms with van der Waals surface area (Å²) in [6.45, 7) is 0. The standard InChI is InChI=1S/C21H15Cl5F3N3O3/c1-32(15(33)8-20(27,28)29)31-18(34)13-7-12(2-3-14(13)24)30-19(35)17-16(21(17,25)26)9-4-10(22)6-11(23)5-9/h2-7,16-17H,8H2,1H3,(H,30,35)(H,31,34). The Kier molecular flexibility index (Phi) is 8.08. The highest BCUT2D eigenvalue weighted by Crippen LogP contribution is 2.65. The van der Waals surface area contributed by atoms with Gasteiger partial charge in [-0.1, -0.05) is 34.8 Å². The molecule has 1 aliphatic carbocycles. The van der Waals surface area contributed by atoms with Gasteiger partial charge in [-0.15, -0.1) is 23.2 Å². The largest absolute Gasteiger partial charge is 0.397 e. The van der Waals surface area contributed by atoms with Crippen LogP contribution in [-0.2, 0) is 9.59 Å². The zero-order chi connectivity index (χ0) is 26.3. The van der Waals surface area contributed by atoms with Crippen LogP contribution in [0, 0.1) is 5.92 Å². The van der Waals surface area contributed by atoms with E-state index in [-0.39, 0.29) is 16.3 Å². The number of benzene rings is 2. The summed E-state index contributed by atoms with van der Waals surface area (Å²) in [4.78, 5) is 37.0. The van der Waals surface area contributed by atoms with Crippen LogP contribution in [0.2, 0.25) is 15.1 Å². The average molecular weight is 592 g/mol. The van der Waals surface area contributed by atoms with Crippen molar-refractivity contribution in [1.29, 1.82) is 0 Å². The third-order valence-corrected chi connectivity index (χ3v) is 6.76. The molecule has 0 spiro atoms. The number of hydrazine groups is 1. The molecule has 1 aliphatic rings. The Morgan fingerprint density at radius 3 is 2.20 bits per heavy atom. The van der Waals surface area contributed by atoms with Gasteiger partial charge in [0.15, 0.2) is 0 Å². The molecule has 1 fully saturated rings. The van der Waals surface area contributed by atoms with Crippen LogP contribution in [0.1, 0.15) is 28.3 Å². The predicted octanol–water partition coefficient (Wildman–Crippen LogP) is 6.23. The monoisotopic (exact) mass is 589 g/mol. The van der Waals surface area contributed by atoms with Crippen LogP contribution >= 0.6 is 58.0 Å². The fourth-order valence-electron chi connectivity index (χ4n) is 3.38. The van der Waals surface area contributed by atoms with Crippen molar-refractivity contribution in [1.82, 2.24) is 10.4 Å². The van der Waals surface area contributed by atoms with Gasteiger partial charge >= 0.3 is 6.18 Å². The molecule has 2 atom stereocenters. The Balaban J connectivity index is 1.72. The maximum atomic E-state index is 12.9. The van der Waals surface area contributed by atoms with Crippen LogP contribution in [0.4, 0.5) is 18.9 Å². The topological polar surface area (TPSA) is 78.5 Å². The third kappa shape index (κ3) is 6.65. The van der Waals surface area contributed by atoms with Gasteiger partial charge in [-0.05, 0) is 42.0 Å². The molecule has 2 unspecified atom stereocenters. The molecule has 0 aromatic heterocycles. The first-order valence-corrected chi connectivity index (χ1v) is 11.6. The van der Waals surface area contributed by atoms with E-state index in [9.17, 15) is 27.6 Å². The molecule has 6 nitrogen and oxygen atoms in total. The van der Waals surface area contributed by atoms with Crippen molar-refractivity contribution in [2.45, 2.75) is 22.8 Å². The molecule has 0 heterocycles. The van der Waals surface area contributed by atoms with Crippen molar-refractivity contribution >= 4 is 81.4 Å². The number of carbonyl (C=O) groups excluding carboxylic acids is 3. The first-order chi connectivity index (χ1) is 16.1. The highest BCUT2D eigenvalue weighted by atomic mass is 35.5. The van der Waals surface area contributed by atoms with Gasteiger partial charge in [-0.3, -0.25) is 24.8 Å². The molecule has 1 saturated carbocycles. The van der Waals surface area contributed by atoms with Crippen LogP contribution in [0.5, 0.6) is 0 Å². The van der Waals surface area contributed by atoms with E-state index in [1.54, 1.807) is 12.1 Å². The fraction of sp³-hybridized carbons (Fsp3) is 0.286. The smallest absolute Gasteiger partial charge is 0.326 e. The lowest BCUT2D eigenvalue weighted by Crippen LogP contribution is -2.44. The SMILES string of the molecule is CN(NC(=O)c1cc(NC(=O)C2C(c3cc(Cl)cc(Cl)c3)C2(Cl)Cl)ccc1Cl)C(=O)CC(F)(F)F. The van der Waals surface area contributed by atoms with E-state index in [0.717, 1.165) is 7.05 Å². The van der Waals surface area contributed by atoms with Crippen LogP contribution in [-0.4, -0.2) is 40.3 Å². The van der Waals surface area contributed by atoms with E-state index in [1.807, 2.05) is 5.43 Å². The molecule has 3 amide bonds. The van der Waals surface area contributed by atoms with Gasteiger partial charge in [0.25, 0.3) is 5.91 Å². The van der Waals surface area contributed by atoms with Crippen molar-refractivity contribution in [2.24, 2.45) is 5.92 Å². The van der Waals surface area contributed by atoms with Gasteiger partial charge in [0.2, 0.25) is 11.8 Å².